The van der Waals surface area contributed by atoms with Crippen molar-refractivity contribution < 1.29 is 14.2 Å². The van der Waals surface area contributed by atoms with Crippen molar-refractivity contribution in [3.05, 3.63) is 29.6 Å². The van der Waals surface area contributed by atoms with Crippen LogP contribution in [0.1, 0.15) is 32.8 Å². The minimum absolute atomic E-state index is 0.0432. The smallest absolute Gasteiger partial charge is 0.133 e. The Labute approximate surface area is 96.1 Å². The van der Waals surface area contributed by atoms with Crippen LogP contribution >= 0.6 is 0 Å². The van der Waals surface area contributed by atoms with E-state index in [2.05, 4.69) is 0 Å². The minimum atomic E-state index is -1.22. The predicted octanol–water partition coefficient (Wildman–Crippen LogP) is 3.09. The second-order valence-electron chi connectivity index (χ2n) is 4.27. The molecule has 1 N–H and O–H groups in total. The number of rotatable bonds is 4. The molecule has 0 aromatic heterocycles. The third kappa shape index (κ3) is 2.19. The maximum Gasteiger partial charge on any atom is 0.133 e. The van der Waals surface area contributed by atoms with Gasteiger partial charge in [-0.3, -0.25) is 0 Å². The van der Waals surface area contributed by atoms with Crippen LogP contribution in [0, 0.1) is 11.7 Å². The number of aliphatic hydroxyl groups is 1. The van der Waals surface area contributed by atoms with E-state index in [0.29, 0.717) is 5.75 Å². The standard InChI is InChI=1S/C13H19FO2/c1-5-9(2)13(3,15)12-10(14)7-6-8-11(12)16-4/h6-9,15H,5H2,1-4H3. The maximum absolute atomic E-state index is 13.8. The van der Waals surface area contributed by atoms with Crippen molar-refractivity contribution in [1.82, 2.24) is 0 Å². The molecule has 0 aliphatic carbocycles. The normalized spacial score (nSPS) is 16.6. The van der Waals surface area contributed by atoms with Gasteiger partial charge in [-0.1, -0.05) is 26.3 Å². The van der Waals surface area contributed by atoms with Crippen LogP contribution in [0.3, 0.4) is 0 Å². The van der Waals surface area contributed by atoms with Gasteiger partial charge in [-0.05, 0) is 25.0 Å². The monoisotopic (exact) mass is 226 g/mol. The Balaban J connectivity index is 3.30. The second-order valence-corrected chi connectivity index (χ2v) is 4.27. The molecule has 2 atom stereocenters. The van der Waals surface area contributed by atoms with E-state index in [4.69, 9.17) is 4.74 Å². The summed E-state index contributed by atoms with van der Waals surface area (Å²) in [5, 5.41) is 10.4. The summed E-state index contributed by atoms with van der Waals surface area (Å²) in [6, 6.07) is 4.58. The number of benzene rings is 1. The van der Waals surface area contributed by atoms with Crippen molar-refractivity contribution in [2.24, 2.45) is 5.92 Å². The third-order valence-electron chi connectivity index (χ3n) is 3.27. The molecular formula is C13H19FO2. The molecule has 0 radical (unpaired) electrons. The van der Waals surface area contributed by atoms with Gasteiger partial charge >= 0.3 is 0 Å². The van der Waals surface area contributed by atoms with Gasteiger partial charge in [-0.2, -0.15) is 0 Å². The molecule has 0 spiro atoms. The Morgan fingerprint density at radius 1 is 1.50 bits per heavy atom. The maximum atomic E-state index is 13.8. The molecule has 16 heavy (non-hydrogen) atoms. The van der Waals surface area contributed by atoms with E-state index < -0.39 is 11.4 Å². The van der Waals surface area contributed by atoms with Crippen LogP contribution in [0.25, 0.3) is 0 Å². The molecule has 2 unspecified atom stereocenters. The molecule has 0 fully saturated rings. The van der Waals surface area contributed by atoms with Crippen molar-refractivity contribution in [3.63, 3.8) is 0 Å². The molecule has 3 heteroatoms. The summed E-state index contributed by atoms with van der Waals surface area (Å²) in [6.45, 7) is 5.49. The van der Waals surface area contributed by atoms with Gasteiger partial charge in [-0.25, -0.2) is 4.39 Å². The highest BCUT2D eigenvalue weighted by Gasteiger charge is 2.34. The predicted molar refractivity (Wildman–Crippen MR) is 62.0 cm³/mol. The van der Waals surface area contributed by atoms with E-state index in [1.54, 1.807) is 19.1 Å². The zero-order chi connectivity index (χ0) is 12.3. The lowest BCUT2D eigenvalue weighted by molar-refractivity contribution is -0.00521. The first-order valence-electron chi connectivity index (χ1n) is 5.50. The van der Waals surface area contributed by atoms with Crippen LogP contribution < -0.4 is 4.74 Å². The fourth-order valence-electron chi connectivity index (χ4n) is 1.81. The largest absolute Gasteiger partial charge is 0.496 e. The Kier molecular flexibility index (Phi) is 3.92. The molecule has 0 bridgehead atoms. The lowest BCUT2D eigenvalue weighted by Gasteiger charge is -2.31. The lowest BCUT2D eigenvalue weighted by Crippen LogP contribution is -2.31. The van der Waals surface area contributed by atoms with Crippen LogP contribution in [0.15, 0.2) is 18.2 Å². The third-order valence-corrected chi connectivity index (χ3v) is 3.27. The Morgan fingerprint density at radius 3 is 2.62 bits per heavy atom. The van der Waals surface area contributed by atoms with Crippen molar-refractivity contribution in [1.29, 1.82) is 0 Å². The number of ether oxygens (including phenoxy) is 1. The first kappa shape index (κ1) is 13.0. The number of hydrogen-bond acceptors (Lipinski definition) is 2. The van der Waals surface area contributed by atoms with Gasteiger partial charge in [-0.15, -0.1) is 0 Å². The van der Waals surface area contributed by atoms with Crippen molar-refractivity contribution in [2.75, 3.05) is 7.11 Å². The molecule has 0 aliphatic heterocycles. The summed E-state index contributed by atoms with van der Waals surface area (Å²) in [6.07, 6.45) is 0.768. The van der Waals surface area contributed by atoms with E-state index >= 15 is 0 Å². The van der Waals surface area contributed by atoms with Gasteiger partial charge in [0.2, 0.25) is 0 Å². The average Bonchev–Trinajstić information content (AvgIpc) is 2.26. The van der Waals surface area contributed by atoms with E-state index in [1.165, 1.54) is 13.2 Å². The summed E-state index contributed by atoms with van der Waals surface area (Å²) in [5.74, 6) is -0.0757. The molecule has 0 saturated heterocycles. The van der Waals surface area contributed by atoms with Gasteiger partial charge in [0.15, 0.2) is 0 Å². The summed E-state index contributed by atoms with van der Waals surface area (Å²) in [5.41, 5.74) is -0.974. The Morgan fingerprint density at radius 2 is 2.12 bits per heavy atom. The van der Waals surface area contributed by atoms with Gasteiger partial charge < -0.3 is 9.84 Å². The quantitative estimate of drug-likeness (QED) is 0.854. The molecule has 1 rings (SSSR count). The molecule has 0 aliphatic rings. The van der Waals surface area contributed by atoms with Crippen molar-refractivity contribution >= 4 is 0 Å². The number of methoxy groups -OCH3 is 1. The van der Waals surface area contributed by atoms with Crippen LogP contribution in [0.5, 0.6) is 5.75 Å². The molecular weight excluding hydrogens is 207 g/mol. The van der Waals surface area contributed by atoms with Gasteiger partial charge in [0, 0.05) is 0 Å². The molecule has 0 heterocycles. The highest BCUT2D eigenvalue weighted by molar-refractivity contribution is 5.39. The van der Waals surface area contributed by atoms with Crippen LogP contribution in [-0.4, -0.2) is 12.2 Å². The molecule has 90 valence electrons. The highest BCUT2D eigenvalue weighted by Crippen LogP contribution is 2.38. The molecule has 1 aromatic rings. The summed E-state index contributed by atoms with van der Waals surface area (Å²) in [4.78, 5) is 0. The highest BCUT2D eigenvalue weighted by atomic mass is 19.1. The molecule has 0 saturated carbocycles. The van der Waals surface area contributed by atoms with E-state index in [-0.39, 0.29) is 11.5 Å². The summed E-state index contributed by atoms with van der Waals surface area (Å²) >= 11 is 0. The Hall–Kier alpha value is -1.09. The van der Waals surface area contributed by atoms with Gasteiger partial charge in [0.05, 0.1) is 18.3 Å². The van der Waals surface area contributed by atoms with Crippen LogP contribution in [0.2, 0.25) is 0 Å². The SMILES string of the molecule is CCC(C)C(C)(O)c1c(F)cccc1OC. The minimum Gasteiger partial charge on any atom is -0.496 e. The summed E-state index contributed by atoms with van der Waals surface area (Å²) in [7, 11) is 1.48. The van der Waals surface area contributed by atoms with Gasteiger partial charge in [0.25, 0.3) is 0 Å². The first-order chi connectivity index (χ1) is 7.45. The van der Waals surface area contributed by atoms with Crippen molar-refractivity contribution in [2.45, 2.75) is 32.8 Å². The number of hydrogen-bond donors (Lipinski definition) is 1. The fraction of sp³-hybridized carbons (Fsp3) is 0.538. The van der Waals surface area contributed by atoms with Crippen molar-refractivity contribution in [3.8, 4) is 5.75 Å². The van der Waals surface area contributed by atoms with Crippen LogP contribution in [0.4, 0.5) is 4.39 Å². The number of halogens is 1. The average molecular weight is 226 g/mol. The van der Waals surface area contributed by atoms with Crippen LogP contribution in [-0.2, 0) is 5.60 Å². The van der Waals surface area contributed by atoms with E-state index in [1.807, 2.05) is 13.8 Å². The fourth-order valence-corrected chi connectivity index (χ4v) is 1.81. The zero-order valence-corrected chi connectivity index (χ0v) is 10.2. The first-order valence-corrected chi connectivity index (χ1v) is 5.50. The van der Waals surface area contributed by atoms with E-state index in [0.717, 1.165) is 6.42 Å². The molecule has 0 amide bonds. The zero-order valence-electron chi connectivity index (χ0n) is 10.2. The lowest BCUT2D eigenvalue weighted by atomic mass is 9.82. The van der Waals surface area contributed by atoms with Gasteiger partial charge in [0.1, 0.15) is 11.6 Å². The summed E-state index contributed by atoms with van der Waals surface area (Å²) < 4.78 is 18.9. The molecule has 2 nitrogen and oxygen atoms in total. The second kappa shape index (κ2) is 4.83. The van der Waals surface area contributed by atoms with E-state index in [9.17, 15) is 9.50 Å². The topological polar surface area (TPSA) is 29.5 Å². The molecule has 1 aromatic carbocycles. The Bertz CT molecular complexity index is 361.